The van der Waals surface area contributed by atoms with Crippen molar-refractivity contribution in [3.05, 3.63) is 59.5 Å². The van der Waals surface area contributed by atoms with Crippen molar-refractivity contribution in [2.75, 3.05) is 26.2 Å². The largest absolute Gasteiger partial charge is 0.352 e. The molecular weight excluding hydrogens is 508 g/mol. The number of carbonyl (C=O) groups is 2. The quantitative estimate of drug-likeness (QED) is 0.330. The van der Waals surface area contributed by atoms with Crippen LogP contribution in [0.3, 0.4) is 0 Å². The van der Waals surface area contributed by atoms with Crippen molar-refractivity contribution in [1.82, 2.24) is 24.9 Å². The van der Waals surface area contributed by atoms with E-state index in [0.717, 1.165) is 40.1 Å². The Hall–Kier alpha value is -3.37. The van der Waals surface area contributed by atoms with Crippen LogP contribution < -0.4 is 10.6 Å². The SMILES string of the molecule is O=C(NCCCN1CCC(F)CC1=O)c1ccc2c(c1)sc1nc(-c3ccc(C4CCCN4)cc3F)cn12. The van der Waals surface area contributed by atoms with E-state index in [1.165, 1.54) is 11.3 Å². The summed E-state index contributed by atoms with van der Waals surface area (Å²) in [6.07, 6.45) is 3.87. The lowest BCUT2D eigenvalue weighted by molar-refractivity contribution is -0.135. The fourth-order valence-corrected chi connectivity index (χ4v) is 6.40. The summed E-state index contributed by atoms with van der Waals surface area (Å²) in [4.78, 5) is 31.6. The van der Waals surface area contributed by atoms with Gasteiger partial charge in [0.15, 0.2) is 4.96 Å². The van der Waals surface area contributed by atoms with E-state index in [0.29, 0.717) is 49.3 Å². The van der Waals surface area contributed by atoms with Crippen molar-refractivity contribution in [2.24, 2.45) is 0 Å². The fraction of sp³-hybridized carbons (Fsp3) is 0.393. The number of fused-ring (bicyclic) bond motifs is 3. The highest BCUT2D eigenvalue weighted by Crippen LogP contribution is 2.32. The molecule has 2 N–H and O–H groups in total. The molecule has 2 aliphatic heterocycles. The van der Waals surface area contributed by atoms with E-state index in [4.69, 9.17) is 0 Å². The molecule has 0 saturated carbocycles. The van der Waals surface area contributed by atoms with Gasteiger partial charge in [-0.3, -0.25) is 14.0 Å². The number of carbonyl (C=O) groups excluding carboxylic acids is 2. The maximum Gasteiger partial charge on any atom is 0.251 e. The number of benzene rings is 2. The molecule has 38 heavy (non-hydrogen) atoms. The highest BCUT2D eigenvalue weighted by molar-refractivity contribution is 7.23. The number of piperidine rings is 1. The Labute approximate surface area is 222 Å². The lowest BCUT2D eigenvalue weighted by Crippen LogP contribution is -2.41. The molecule has 4 heterocycles. The molecule has 0 bridgehead atoms. The lowest BCUT2D eigenvalue weighted by atomic mass is 10.0. The zero-order chi connectivity index (χ0) is 26.2. The summed E-state index contributed by atoms with van der Waals surface area (Å²) in [6, 6.07) is 11.1. The molecule has 2 amide bonds. The smallest absolute Gasteiger partial charge is 0.251 e. The van der Waals surface area contributed by atoms with Crippen molar-refractivity contribution in [3.8, 4) is 11.3 Å². The van der Waals surface area contributed by atoms with Gasteiger partial charge in [0.1, 0.15) is 12.0 Å². The second-order valence-electron chi connectivity index (χ2n) is 10.0. The average molecular weight is 538 g/mol. The van der Waals surface area contributed by atoms with Gasteiger partial charge in [-0.2, -0.15) is 0 Å². The van der Waals surface area contributed by atoms with Crippen LogP contribution in [-0.2, 0) is 4.79 Å². The molecule has 2 unspecified atom stereocenters. The van der Waals surface area contributed by atoms with E-state index in [2.05, 4.69) is 15.6 Å². The molecule has 0 spiro atoms. The Morgan fingerprint density at radius 3 is 2.89 bits per heavy atom. The molecule has 7 nitrogen and oxygen atoms in total. The number of thiazole rings is 1. The third-order valence-corrected chi connectivity index (χ3v) is 8.46. The van der Waals surface area contributed by atoms with Crippen LogP contribution in [0.5, 0.6) is 0 Å². The molecule has 2 saturated heterocycles. The van der Waals surface area contributed by atoms with Crippen molar-refractivity contribution < 1.29 is 18.4 Å². The second kappa shape index (κ2) is 10.4. The number of aromatic nitrogens is 2. The Bertz CT molecular complexity index is 1510. The minimum Gasteiger partial charge on any atom is -0.352 e. The molecule has 2 aromatic heterocycles. The van der Waals surface area contributed by atoms with Crippen LogP contribution >= 0.6 is 11.3 Å². The summed E-state index contributed by atoms with van der Waals surface area (Å²) in [5.74, 6) is -0.625. The van der Waals surface area contributed by atoms with Gasteiger partial charge >= 0.3 is 0 Å². The predicted molar refractivity (Wildman–Crippen MR) is 144 cm³/mol. The zero-order valence-electron chi connectivity index (χ0n) is 20.9. The van der Waals surface area contributed by atoms with E-state index in [1.807, 2.05) is 28.8 Å². The molecule has 0 radical (unpaired) electrons. The number of alkyl halides is 1. The predicted octanol–water partition coefficient (Wildman–Crippen LogP) is 4.86. The third kappa shape index (κ3) is 4.90. The van der Waals surface area contributed by atoms with E-state index >= 15 is 0 Å². The third-order valence-electron chi connectivity index (χ3n) is 7.44. The van der Waals surface area contributed by atoms with E-state index in [9.17, 15) is 18.4 Å². The van der Waals surface area contributed by atoms with Gasteiger partial charge in [0.2, 0.25) is 5.91 Å². The summed E-state index contributed by atoms with van der Waals surface area (Å²) >= 11 is 1.45. The van der Waals surface area contributed by atoms with Crippen LogP contribution in [0.1, 0.15) is 54.1 Å². The topological polar surface area (TPSA) is 78.7 Å². The number of hydrogen-bond donors (Lipinski definition) is 2. The van der Waals surface area contributed by atoms with Crippen molar-refractivity contribution in [1.29, 1.82) is 0 Å². The molecule has 198 valence electrons. The van der Waals surface area contributed by atoms with Gasteiger partial charge in [0.25, 0.3) is 5.91 Å². The normalized spacial score (nSPS) is 20.1. The molecule has 2 aliphatic rings. The molecular formula is C28H29F2N5O2S. The summed E-state index contributed by atoms with van der Waals surface area (Å²) in [5.41, 5.74) is 3.47. The second-order valence-corrected chi connectivity index (χ2v) is 11.0. The highest BCUT2D eigenvalue weighted by atomic mass is 32.1. The fourth-order valence-electron chi connectivity index (χ4n) is 5.35. The number of hydrogen-bond acceptors (Lipinski definition) is 5. The molecule has 6 rings (SSSR count). The molecule has 4 aromatic rings. The monoisotopic (exact) mass is 537 g/mol. The first-order chi connectivity index (χ1) is 18.5. The molecule has 2 aromatic carbocycles. The number of nitrogens with zero attached hydrogens (tertiary/aromatic N) is 3. The number of amides is 2. The standard InChI is InChI=1S/C28H29F2N5O2S/c29-19-8-12-34(26(36)15-19)11-2-10-32-27(37)18-5-7-24-25(14-18)38-28-33-23(16-35(24)28)20-6-4-17(13-21(20)30)22-3-1-9-31-22/h4-7,13-14,16,19,22,31H,1-3,8-12,15H2,(H,32,37). The summed E-state index contributed by atoms with van der Waals surface area (Å²) < 4.78 is 31.1. The van der Waals surface area contributed by atoms with Gasteiger partial charge in [-0.1, -0.05) is 17.4 Å². The first-order valence-corrected chi connectivity index (χ1v) is 13.9. The Morgan fingerprint density at radius 2 is 2.11 bits per heavy atom. The van der Waals surface area contributed by atoms with Crippen LogP contribution in [-0.4, -0.2) is 58.4 Å². The summed E-state index contributed by atoms with van der Waals surface area (Å²) in [5, 5.41) is 6.30. The van der Waals surface area contributed by atoms with E-state index < -0.39 is 6.17 Å². The Morgan fingerprint density at radius 1 is 1.21 bits per heavy atom. The number of imidazole rings is 1. The van der Waals surface area contributed by atoms with Crippen molar-refractivity contribution >= 4 is 38.3 Å². The molecule has 0 aliphatic carbocycles. The zero-order valence-corrected chi connectivity index (χ0v) is 21.7. The lowest BCUT2D eigenvalue weighted by Gasteiger charge is -2.28. The van der Waals surface area contributed by atoms with Crippen LogP contribution in [0.15, 0.2) is 42.6 Å². The van der Waals surface area contributed by atoms with Gasteiger partial charge < -0.3 is 15.5 Å². The first kappa shape index (κ1) is 24.9. The minimum absolute atomic E-state index is 0.0442. The minimum atomic E-state index is -1.04. The maximum absolute atomic E-state index is 15.0. The average Bonchev–Trinajstić information content (AvgIpc) is 3.64. The number of halogens is 2. The van der Waals surface area contributed by atoms with Gasteiger partial charge in [0, 0.05) is 43.0 Å². The van der Waals surface area contributed by atoms with Crippen LogP contribution in [0, 0.1) is 5.82 Å². The summed E-state index contributed by atoms with van der Waals surface area (Å²) in [6.45, 7) is 2.34. The van der Waals surface area contributed by atoms with E-state index in [-0.39, 0.29) is 30.1 Å². The Balaban J connectivity index is 1.12. The van der Waals surface area contributed by atoms with Crippen molar-refractivity contribution in [3.63, 3.8) is 0 Å². The first-order valence-electron chi connectivity index (χ1n) is 13.1. The Kier molecular flexibility index (Phi) is 6.84. The maximum atomic E-state index is 15.0. The van der Waals surface area contributed by atoms with Gasteiger partial charge in [-0.15, -0.1) is 0 Å². The molecule has 10 heteroatoms. The highest BCUT2D eigenvalue weighted by Gasteiger charge is 2.25. The number of nitrogens with one attached hydrogen (secondary N) is 2. The van der Waals surface area contributed by atoms with Gasteiger partial charge in [-0.25, -0.2) is 13.8 Å². The van der Waals surface area contributed by atoms with Gasteiger partial charge in [0.05, 0.1) is 22.3 Å². The summed E-state index contributed by atoms with van der Waals surface area (Å²) in [7, 11) is 0. The molecule has 2 fully saturated rings. The van der Waals surface area contributed by atoms with Crippen LogP contribution in [0.25, 0.3) is 26.4 Å². The van der Waals surface area contributed by atoms with Crippen LogP contribution in [0.2, 0.25) is 0 Å². The van der Waals surface area contributed by atoms with E-state index in [1.54, 1.807) is 23.1 Å². The molecule has 2 atom stereocenters. The number of rotatable bonds is 7. The van der Waals surface area contributed by atoms with Gasteiger partial charge in [-0.05, 0) is 68.1 Å². The number of likely N-dealkylation sites (tertiary alicyclic amines) is 1. The van der Waals surface area contributed by atoms with Crippen molar-refractivity contribution in [2.45, 2.75) is 44.3 Å². The van der Waals surface area contributed by atoms with Crippen LogP contribution in [0.4, 0.5) is 8.78 Å².